The third-order valence-electron chi connectivity index (χ3n) is 5.71. The van der Waals surface area contributed by atoms with Gasteiger partial charge in [0.2, 0.25) is 5.91 Å². The number of piperidine rings is 1. The molecule has 2 aromatic carbocycles. The molecule has 3 aromatic rings. The second-order valence-corrected chi connectivity index (χ2v) is 8.73. The lowest BCUT2D eigenvalue weighted by atomic mass is 9.97. The Hall–Kier alpha value is -2.83. The van der Waals surface area contributed by atoms with Crippen molar-refractivity contribution in [3.05, 3.63) is 58.7 Å². The fraction of sp³-hybridized carbons (Fsp3) is 0.292. The van der Waals surface area contributed by atoms with Crippen LogP contribution in [0.2, 0.25) is 10.2 Å². The van der Waals surface area contributed by atoms with Gasteiger partial charge >= 0.3 is 0 Å². The molecule has 32 heavy (non-hydrogen) atoms. The van der Waals surface area contributed by atoms with Gasteiger partial charge in [-0.1, -0.05) is 41.4 Å². The Kier molecular flexibility index (Phi) is 6.53. The average Bonchev–Trinajstić information content (AvgIpc) is 2.78. The molecule has 1 unspecified atom stereocenters. The van der Waals surface area contributed by atoms with Crippen molar-refractivity contribution >= 4 is 45.9 Å². The predicted octanol–water partition coefficient (Wildman–Crippen LogP) is 4.70. The second-order valence-electron chi connectivity index (χ2n) is 7.94. The van der Waals surface area contributed by atoms with Gasteiger partial charge in [0, 0.05) is 35.1 Å². The van der Waals surface area contributed by atoms with Gasteiger partial charge in [-0.25, -0.2) is 4.98 Å². The van der Waals surface area contributed by atoms with Crippen LogP contribution < -0.4 is 10.5 Å². The number of amides is 2. The van der Waals surface area contributed by atoms with Gasteiger partial charge < -0.3 is 15.4 Å². The van der Waals surface area contributed by atoms with Crippen molar-refractivity contribution < 1.29 is 14.3 Å². The number of pyridine rings is 1. The highest BCUT2D eigenvalue weighted by Gasteiger charge is 2.30. The number of carbonyl (C=O) groups excluding carboxylic acids is 2. The second kappa shape index (κ2) is 9.35. The third-order valence-corrected chi connectivity index (χ3v) is 6.23. The lowest BCUT2D eigenvalue weighted by Crippen LogP contribution is -2.48. The highest BCUT2D eigenvalue weighted by molar-refractivity contribution is 6.34. The molecule has 6 nitrogen and oxygen atoms in total. The summed E-state index contributed by atoms with van der Waals surface area (Å²) in [4.78, 5) is 30.4. The SMILES string of the molecule is CC(Oc1ccc2c(-c3ccccc3Cl)cc(Cl)nc2c1)C(=O)N1CCC[C@H](C(N)=O)C1. The van der Waals surface area contributed by atoms with Gasteiger partial charge in [0.25, 0.3) is 5.91 Å². The van der Waals surface area contributed by atoms with E-state index in [1.54, 1.807) is 30.0 Å². The number of carbonyl (C=O) groups is 2. The van der Waals surface area contributed by atoms with Crippen LogP contribution in [0.3, 0.4) is 0 Å². The van der Waals surface area contributed by atoms with E-state index in [4.69, 9.17) is 33.7 Å². The number of benzene rings is 2. The van der Waals surface area contributed by atoms with Gasteiger partial charge in [-0.05, 0) is 49.6 Å². The predicted molar refractivity (Wildman–Crippen MR) is 126 cm³/mol. The van der Waals surface area contributed by atoms with Crippen molar-refractivity contribution in [1.29, 1.82) is 0 Å². The molecule has 4 rings (SSSR count). The molecule has 2 amide bonds. The Morgan fingerprint density at radius 3 is 2.69 bits per heavy atom. The molecule has 1 fully saturated rings. The molecule has 0 saturated carbocycles. The summed E-state index contributed by atoms with van der Waals surface area (Å²) in [6.45, 7) is 2.62. The van der Waals surface area contributed by atoms with Crippen molar-refractivity contribution in [2.45, 2.75) is 25.9 Å². The van der Waals surface area contributed by atoms with Crippen LogP contribution in [-0.4, -0.2) is 40.9 Å². The van der Waals surface area contributed by atoms with E-state index in [1.807, 2.05) is 30.3 Å². The van der Waals surface area contributed by atoms with Crippen LogP contribution in [0.4, 0.5) is 0 Å². The molecule has 0 aliphatic carbocycles. The van der Waals surface area contributed by atoms with Gasteiger partial charge in [0.1, 0.15) is 10.9 Å². The number of halogens is 2. The number of primary amides is 1. The highest BCUT2D eigenvalue weighted by atomic mass is 35.5. The Bertz CT molecular complexity index is 1180. The molecule has 2 atom stereocenters. The van der Waals surface area contributed by atoms with Crippen molar-refractivity contribution in [2.24, 2.45) is 11.7 Å². The fourth-order valence-electron chi connectivity index (χ4n) is 4.07. The minimum absolute atomic E-state index is 0.174. The van der Waals surface area contributed by atoms with Crippen LogP contribution in [-0.2, 0) is 9.59 Å². The first kappa shape index (κ1) is 22.4. The van der Waals surface area contributed by atoms with E-state index >= 15 is 0 Å². The average molecular weight is 472 g/mol. The number of likely N-dealkylation sites (tertiary alicyclic amines) is 1. The summed E-state index contributed by atoms with van der Waals surface area (Å²) in [5.41, 5.74) is 7.78. The molecule has 2 N–H and O–H groups in total. The Morgan fingerprint density at radius 2 is 1.94 bits per heavy atom. The van der Waals surface area contributed by atoms with E-state index in [9.17, 15) is 9.59 Å². The summed E-state index contributed by atoms with van der Waals surface area (Å²) in [7, 11) is 0. The number of ether oxygens (including phenoxy) is 1. The third kappa shape index (κ3) is 4.66. The van der Waals surface area contributed by atoms with E-state index in [0.29, 0.717) is 41.0 Å². The van der Waals surface area contributed by atoms with Crippen molar-refractivity contribution in [2.75, 3.05) is 13.1 Å². The lowest BCUT2D eigenvalue weighted by Gasteiger charge is -2.33. The lowest BCUT2D eigenvalue weighted by molar-refractivity contribution is -0.141. The Labute approximate surface area is 196 Å². The van der Waals surface area contributed by atoms with E-state index in [1.165, 1.54) is 0 Å². The molecule has 1 aliphatic rings. The van der Waals surface area contributed by atoms with Gasteiger partial charge in [-0.2, -0.15) is 0 Å². The Balaban J connectivity index is 1.57. The summed E-state index contributed by atoms with van der Waals surface area (Å²) < 4.78 is 5.93. The monoisotopic (exact) mass is 471 g/mol. The van der Waals surface area contributed by atoms with Crippen molar-refractivity contribution in [3.8, 4) is 16.9 Å². The maximum atomic E-state index is 12.9. The first-order valence-corrected chi connectivity index (χ1v) is 11.2. The highest BCUT2D eigenvalue weighted by Crippen LogP contribution is 2.35. The Morgan fingerprint density at radius 1 is 1.16 bits per heavy atom. The summed E-state index contributed by atoms with van der Waals surface area (Å²) in [5.74, 6) is -0.355. The van der Waals surface area contributed by atoms with Crippen LogP contribution in [0.5, 0.6) is 5.75 Å². The molecule has 1 saturated heterocycles. The van der Waals surface area contributed by atoms with Crippen molar-refractivity contribution in [1.82, 2.24) is 9.88 Å². The maximum absolute atomic E-state index is 12.9. The van der Waals surface area contributed by atoms with Crippen LogP contribution >= 0.6 is 23.2 Å². The van der Waals surface area contributed by atoms with Crippen LogP contribution in [0.15, 0.2) is 48.5 Å². The number of hydrogen-bond donors (Lipinski definition) is 1. The van der Waals surface area contributed by atoms with Crippen LogP contribution in [0.1, 0.15) is 19.8 Å². The largest absolute Gasteiger partial charge is 0.481 e. The zero-order chi connectivity index (χ0) is 22.8. The van der Waals surface area contributed by atoms with Gasteiger partial charge in [-0.15, -0.1) is 0 Å². The summed E-state index contributed by atoms with van der Waals surface area (Å²) in [5, 5.41) is 1.82. The number of aromatic nitrogens is 1. The number of nitrogens with two attached hydrogens (primary N) is 1. The molecule has 2 heterocycles. The van der Waals surface area contributed by atoms with E-state index < -0.39 is 6.10 Å². The number of rotatable bonds is 5. The zero-order valence-corrected chi connectivity index (χ0v) is 19.1. The summed E-state index contributed by atoms with van der Waals surface area (Å²) >= 11 is 12.7. The first-order chi connectivity index (χ1) is 15.3. The molecule has 0 bridgehead atoms. The minimum Gasteiger partial charge on any atom is -0.481 e. The number of nitrogens with zero attached hydrogens (tertiary/aromatic N) is 2. The number of fused-ring (bicyclic) bond motifs is 1. The van der Waals surface area contributed by atoms with E-state index in [2.05, 4.69) is 4.98 Å². The molecule has 8 heteroatoms. The topological polar surface area (TPSA) is 85.5 Å². The molecule has 166 valence electrons. The van der Waals surface area contributed by atoms with Crippen LogP contribution in [0, 0.1) is 5.92 Å². The minimum atomic E-state index is -0.721. The molecule has 1 aliphatic heterocycles. The molecule has 1 aromatic heterocycles. The normalized spacial score (nSPS) is 17.2. The molecule has 0 radical (unpaired) electrons. The van der Waals surface area contributed by atoms with Gasteiger partial charge in [0.05, 0.1) is 11.4 Å². The maximum Gasteiger partial charge on any atom is 0.263 e. The number of hydrogen-bond acceptors (Lipinski definition) is 4. The van der Waals surface area contributed by atoms with Crippen LogP contribution in [0.25, 0.3) is 22.0 Å². The quantitative estimate of drug-likeness (QED) is 0.546. The molecule has 0 spiro atoms. The zero-order valence-electron chi connectivity index (χ0n) is 17.6. The smallest absolute Gasteiger partial charge is 0.263 e. The summed E-state index contributed by atoms with van der Waals surface area (Å²) in [6, 6.07) is 14.8. The standard InChI is InChI=1S/C24H23Cl2N3O3/c1-14(24(31)29-10-4-5-15(13-29)23(27)30)32-16-8-9-18-19(12-22(26)28-21(18)11-16)17-6-2-3-7-20(17)25/h2-3,6-9,11-12,14-15H,4-5,10,13H2,1H3,(H2,27,30)/t14?,15-/m0/s1. The summed E-state index contributed by atoms with van der Waals surface area (Å²) in [6.07, 6.45) is 0.732. The molecular formula is C24H23Cl2N3O3. The van der Waals surface area contributed by atoms with Crippen molar-refractivity contribution in [3.63, 3.8) is 0 Å². The van der Waals surface area contributed by atoms with E-state index in [-0.39, 0.29) is 17.7 Å². The molecular weight excluding hydrogens is 449 g/mol. The fourth-order valence-corrected chi connectivity index (χ4v) is 4.51. The van der Waals surface area contributed by atoms with Gasteiger partial charge in [-0.3, -0.25) is 9.59 Å². The van der Waals surface area contributed by atoms with Gasteiger partial charge in [0.15, 0.2) is 6.10 Å². The first-order valence-electron chi connectivity index (χ1n) is 10.4. The van der Waals surface area contributed by atoms with E-state index in [0.717, 1.165) is 22.9 Å².